The number of amides is 2. The number of anilines is 1. The number of nitrogens with zero attached hydrogens (tertiary/aromatic N) is 2. The monoisotopic (exact) mass is 297 g/mol. The zero-order chi connectivity index (χ0) is 14.9. The van der Waals surface area contributed by atoms with Crippen LogP contribution in [0.5, 0.6) is 0 Å². The number of likely N-dealkylation sites (N-methyl/N-ethyl adjacent to an activating group) is 1. The van der Waals surface area contributed by atoms with Crippen molar-refractivity contribution in [2.45, 2.75) is 18.9 Å². The number of carbonyl (C=O) groups excluding carboxylic acids is 2. The standard InChI is InChI=1S/C12H12ClN3O4/c1-16-9(17)5-3-7(11(16)18)14-8-4-2-6(13)10(15-8)12(19)20/h2,4,7H,3,5H2,1H3,(H,14,15)(H,19,20). The summed E-state index contributed by atoms with van der Waals surface area (Å²) in [6.07, 6.45) is 0.591. The Morgan fingerprint density at radius 1 is 1.50 bits per heavy atom. The third kappa shape index (κ3) is 2.72. The van der Waals surface area contributed by atoms with Crippen LogP contribution in [0.15, 0.2) is 12.1 Å². The maximum Gasteiger partial charge on any atom is 0.356 e. The first-order valence-corrected chi connectivity index (χ1v) is 6.24. The molecule has 0 spiro atoms. The molecule has 0 radical (unpaired) electrons. The second-order valence-corrected chi connectivity index (χ2v) is 4.77. The molecule has 1 aromatic heterocycles. The lowest BCUT2D eigenvalue weighted by Gasteiger charge is -2.28. The molecule has 1 atom stereocenters. The maximum atomic E-state index is 11.9. The van der Waals surface area contributed by atoms with E-state index in [1.165, 1.54) is 19.2 Å². The number of piperidine rings is 1. The summed E-state index contributed by atoms with van der Waals surface area (Å²) < 4.78 is 0. The quantitative estimate of drug-likeness (QED) is 0.807. The highest BCUT2D eigenvalue weighted by Crippen LogP contribution is 2.20. The highest BCUT2D eigenvalue weighted by atomic mass is 35.5. The fraction of sp³-hybridized carbons (Fsp3) is 0.333. The molecule has 2 heterocycles. The van der Waals surface area contributed by atoms with E-state index in [4.69, 9.17) is 16.7 Å². The van der Waals surface area contributed by atoms with Gasteiger partial charge in [-0.2, -0.15) is 0 Å². The number of hydrogen-bond acceptors (Lipinski definition) is 5. The molecule has 1 fully saturated rings. The Labute approximate surface area is 119 Å². The van der Waals surface area contributed by atoms with Gasteiger partial charge in [0.1, 0.15) is 11.9 Å². The summed E-state index contributed by atoms with van der Waals surface area (Å²) in [5.41, 5.74) is -0.288. The van der Waals surface area contributed by atoms with Gasteiger partial charge in [0.05, 0.1) is 5.02 Å². The maximum absolute atomic E-state index is 11.9. The number of hydrogen-bond donors (Lipinski definition) is 2. The van der Waals surface area contributed by atoms with Gasteiger partial charge < -0.3 is 10.4 Å². The van der Waals surface area contributed by atoms with E-state index in [-0.39, 0.29) is 34.8 Å². The number of rotatable bonds is 3. The highest BCUT2D eigenvalue weighted by Gasteiger charge is 2.31. The van der Waals surface area contributed by atoms with E-state index in [0.717, 1.165) is 4.90 Å². The van der Waals surface area contributed by atoms with Crippen LogP contribution in [-0.4, -0.2) is 45.9 Å². The summed E-state index contributed by atoms with van der Waals surface area (Å²) in [7, 11) is 1.41. The molecule has 0 saturated carbocycles. The van der Waals surface area contributed by atoms with Gasteiger partial charge in [0.25, 0.3) is 5.91 Å². The van der Waals surface area contributed by atoms with Crippen LogP contribution in [0.1, 0.15) is 23.3 Å². The van der Waals surface area contributed by atoms with E-state index < -0.39 is 12.0 Å². The smallest absolute Gasteiger partial charge is 0.356 e. The van der Waals surface area contributed by atoms with Gasteiger partial charge in [-0.15, -0.1) is 0 Å². The van der Waals surface area contributed by atoms with Gasteiger partial charge in [-0.25, -0.2) is 9.78 Å². The number of carboxylic acids is 1. The number of imide groups is 1. The zero-order valence-electron chi connectivity index (χ0n) is 10.6. The highest BCUT2D eigenvalue weighted by molar-refractivity contribution is 6.33. The van der Waals surface area contributed by atoms with Crippen molar-refractivity contribution in [2.75, 3.05) is 12.4 Å². The van der Waals surface area contributed by atoms with Crippen molar-refractivity contribution in [1.29, 1.82) is 0 Å². The number of carbonyl (C=O) groups is 3. The van der Waals surface area contributed by atoms with Crippen molar-refractivity contribution in [3.8, 4) is 0 Å². The minimum Gasteiger partial charge on any atom is -0.476 e. The number of likely N-dealkylation sites (tertiary alicyclic amines) is 1. The second kappa shape index (κ2) is 5.46. The van der Waals surface area contributed by atoms with Crippen molar-refractivity contribution in [3.63, 3.8) is 0 Å². The van der Waals surface area contributed by atoms with Gasteiger partial charge in [-0.3, -0.25) is 14.5 Å². The molecule has 106 valence electrons. The average molecular weight is 298 g/mol. The van der Waals surface area contributed by atoms with Crippen molar-refractivity contribution < 1.29 is 19.5 Å². The number of aromatic nitrogens is 1. The third-order valence-corrected chi connectivity index (χ3v) is 3.33. The molecule has 0 bridgehead atoms. The second-order valence-electron chi connectivity index (χ2n) is 4.36. The number of carboxylic acid groups (broad SMARTS) is 1. The lowest BCUT2D eigenvalue weighted by atomic mass is 10.0. The molecule has 1 aliphatic rings. The molecule has 2 N–H and O–H groups in total. The summed E-state index contributed by atoms with van der Waals surface area (Å²) in [6.45, 7) is 0. The summed E-state index contributed by atoms with van der Waals surface area (Å²) in [4.78, 5) is 39.1. The molecule has 2 rings (SSSR count). The SMILES string of the molecule is CN1C(=O)CCC(Nc2ccc(Cl)c(C(=O)O)n2)C1=O. The summed E-state index contributed by atoms with van der Waals surface area (Å²) in [5.74, 6) is -1.62. The molecule has 2 amide bonds. The Bertz CT molecular complexity index is 590. The van der Waals surface area contributed by atoms with Crippen molar-refractivity contribution in [1.82, 2.24) is 9.88 Å². The number of aromatic carboxylic acids is 1. The molecular formula is C12H12ClN3O4. The van der Waals surface area contributed by atoms with Crippen LogP contribution in [0, 0.1) is 0 Å². The molecule has 20 heavy (non-hydrogen) atoms. The van der Waals surface area contributed by atoms with Crippen molar-refractivity contribution in [2.24, 2.45) is 0 Å². The lowest BCUT2D eigenvalue weighted by molar-refractivity contribution is -0.146. The first kappa shape index (κ1) is 14.3. The fourth-order valence-corrected chi connectivity index (χ4v) is 2.09. The molecule has 0 aliphatic carbocycles. The Morgan fingerprint density at radius 2 is 2.20 bits per heavy atom. The van der Waals surface area contributed by atoms with Gasteiger partial charge in [-0.05, 0) is 18.6 Å². The van der Waals surface area contributed by atoms with Crippen LogP contribution in [-0.2, 0) is 9.59 Å². The van der Waals surface area contributed by atoms with Crippen LogP contribution in [0.25, 0.3) is 0 Å². The first-order chi connectivity index (χ1) is 9.40. The van der Waals surface area contributed by atoms with E-state index in [9.17, 15) is 14.4 Å². The van der Waals surface area contributed by atoms with Gasteiger partial charge in [0.2, 0.25) is 5.91 Å². The largest absolute Gasteiger partial charge is 0.476 e. The molecule has 1 saturated heterocycles. The van der Waals surface area contributed by atoms with E-state index in [1.807, 2.05) is 0 Å². The van der Waals surface area contributed by atoms with Gasteiger partial charge >= 0.3 is 5.97 Å². The minimum absolute atomic E-state index is 0.0188. The Balaban J connectivity index is 2.18. The normalized spacial score (nSPS) is 19.1. The summed E-state index contributed by atoms with van der Waals surface area (Å²) in [6, 6.07) is 2.27. The summed E-state index contributed by atoms with van der Waals surface area (Å²) >= 11 is 5.71. The topological polar surface area (TPSA) is 99.6 Å². The molecule has 1 aliphatic heterocycles. The number of nitrogens with one attached hydrogen (secondary N) is 1. The molecule has 1 unspecified atom stereocenters. The molecule has 8 heteroatoms. The first-order valence-electron chi connectivity index (χ1n) is 5.87. The van der Waals surface area contributed by atoms with Crippen molar-refractivity contribution >= 4 is 35.2 Å². The zero-order valence-corrected chi connectivity index (χ0v) is 11.3. The van der Waals surface area contributed by atoms with Gasteiger partial charge in [-0.1, -0.05) is 11.6 Å². The predicted molar refractivity (Wildman–Crippen MR) is 70.6 cm³/mol. The van der Waals surface area contributed by atoms with E-state index in [0.29, 0.717) is 6.42 Å². The number of pyridine rings is 1. The Kier molecular flexibility index (Phi) is 3.89. The van der Waals surface area contributed by atoms with Crippen LogP contribution < -0.4 is 5.32 Å². The predicted octanol–water partition coefficient (Wildman–Crippen LogP) is 0.992. The third-order valence-electron chi connectivity index (χ3n) is 3.02. The summed E-state index contributed by atoms with van der Waals surface area (Å²) in [5, 5.41) is 11.8. The van der Waals surface area contributed by atoms with E-state index in [2.05, 4.69) is 10.3 Å². The molecule has 7 nitrogen and oxygen atoms in total. The van der Waals surface area contributed by atoms with Crippen LogP contribution in [0.3, 0.4) is 0 Å². The van der Waals surface area contributed by atoms with Crippen LogP contribution in [0.2, 0.25) is 5.02 Å². The lowest BCUT2D eigenvalue weighted by Crippen LogP contribution is -2.48. The molecular weight excluding hydrogens is 286 g/mol. The van der Waals surface area contributed by atoms with E-state index >= 15 is 0 Å². The van der Waals surface area contributed by atoms with Gasteiger partial charge in [0.15, 0.2) is 5.69 Å². The fourth-order valence-electron chi connectivity index (χ4n) is 1.90. The number of halogens is 1. The van der Waals surface area contributed by atoms with Gasteiger partial charge in [0, 0.05) is 13.5 Å². The minimum atomic E-state index is -1.25. The molecule has 1 aromatic rings. The average Bonchev–Trinajstić information content (AvgIpc) is 2.41. The molecule has 0 aromatic carbocycles. The Morgan fingerprint density at radius 3 is 2.85 bits per heavy atom. The Hall–Kier alpha value is -2.15. The van der Waals surface area contributed by atoms with Crippen LogP contribution >= 0.6 is 11.6 Å². The van der Waals surface area contributed by atoms with Crippen LogP contribution in [0.4, 0.5) is 5.82 Å². The van der Waals surface area contributed by atoms with E-state index in [1.54, 1.807) is 0 Å². The van der Waals surface area contributed by atoms with Crippen molar-refractivity contribution in [3.05, 3.63) is 22.8 Å².